The second kappa shape index (κ2) is 8.91. The van der Waals surface area contributed by atoms with Crippen molar-refractivity contribution in [1.29, 1.82) is 0 Å². The van der Waals surface area contributed by atoms with Crippen LogP contribution in [0.15, 0.2) is 41.3 Å². The Kier molecular flexibility index (Phi) is 6.29. The summed E-state index contributed by atoms with van der Waals surface area (Å²) < 4.78 is 0. The summed E-state index contributed by atoms with van der Waals surface area (Å²) >= 11 is 0.936. The molecule has 7 nitrogen and oxygen atoms in total. The Bertz CT molecular complexity index is 1200. The molecule has 0 spiro atoms. The first-order valence-corrected chi connectivity index (χ1v) is 12.2. The zero-order valence-electron chi connectivity index (χ0n) is 20.1. The maximum Gasteiger partial charge on any atom is 0.293 e. The van der Waals surface area contributed by atoms with Gasteiger partial charge in [0, 0.05) is 29.9 Å². The van der Waals surface area contributed by atoms with Gasteiger partial charge in [0.2, 0.25) is 0 Å². The van der Waals surface area contributed by atoms with Crippen LogP contribution < -0.4 is 4.90 Å². The fraction of sp³-hybridized carbons (Fsp3) is 0.385. The molecule has 0 aliphatic carbocycles. The van der Waals surface area contributed by atoms with Gasteiger partial charge in [-0.25, -0.2) is 0 Å². The van der Waals surface area contributed by atoms with Crippen molar-refractivity contribution in [2.45, 2.75) is 59.0 Å². The molecule has 0 bridgehead atoms. The Morgan fingerprint density at radius 1 is 1.21 bits per heavy atom. The van der Waals surface area contributed by atoms with E-state index in [0.29, 0.717) is 16.4 Å². The van der Waals surface area contributed by atoms with Gasteiger partial charge >= 0.3 is 0 Å². The number of rotatable bonds is 5. The van der Waals surface area contributed by atoms with Crippen LogP contribution in [0.3, 0.4) is 0 Å². The van der Waals surface area contributed by atoms with Crippen LogP contribution in [-0.4, -0.2) is 33.1 Å². The molecule has 2 heterocycles. The quantitative estimate of drug-likeness (QED) is 0.286. The lowest BCUT2D eigenvalue weighted by Crippen LogP contribution is -2.48. The highest BCUT2D eigenvalue weighted by Crippen LogP contribution is 2.45. The van der Waals surface area contributed by atoms with Gasteiger partial charge in [0.05, 0.1) is 16.4 Å². The predicted molar refractivity (Wildman–Crippen MR) is 136 cm³/mol. The Labute approximate surface area is 204 Å². The molecule has 178 valence electrons. The van der Waals surface area contributed by atoms with E-state index in [1.54, 1.807) is 12.1 Å². The SMILES string of the molecule is CCN1c2cc(C)c(/C=C3\SC(=O)N(Cc4ccc([N+](=O)[O-])cc4)C3=O)cc2[C@@H](C)CC1(C)C. The monoisotopic (exact) mass is 479 g/mol. The molecule has 2 aliphatic rings. The van der Waals surface area contributed by atoms with Gasteiger partial charge in [-0.1, -0.05) is 19.1 Å². The number of fused-ring (bicyclic) bond motifs is 1. The smallest absolute Gasteiger partial charge is 0.293 e. The summed E-state index contributed by atoms with van der Waals surface area (Å²) in [6, 6.07) is 10.3. The molecule has 1 saturated heterocycles. The number of thioether (sulfide) groups is 1. The van der Waals surface area contributed by atoms with Crippen LogP contribution in [0.5, 0.6) is 0 Å². The average molecular weight is 480 g/mol. The summed E-state index contributed by atoms with van der Waals surface area (Å²) in [5, 5.41) is 10.5. The lowest BCUT2D eigenvalue weighted by Gasteiger charge is -2.47. The van der Waals surface area contributed by atoms with Crippen LogP contribution in [0.1, 0.15) is 62.3 Å². The summed E-state index contributed by atoms with van der Waals surface area (Å²) in [5.41, 5.74) is 5.23. The summed E-state index contributed by atoms with van der Waals surface area (Å²) in [6.07, 6.45) is 2.86. The van der Waals surface area contributed by atoms with Gasteiger partial charge in [0.15, 0.2) is 0 Å². The lowest BCUT2D eigenvalue weighted by atomic mass is 9.79. The number of non-ortho nitro benzene ring substituents is 1. The van der Waals surface area contributed by atoms with E-state index in [-0.39, 0.29) is 28.9 Å². The highest BCUT2D eigenvalue weighted by Gasteiger charge is 2.37. The van der Waals surface area contributed by atoms with Gasteiger partial charge in [-0.2, -0.15) is 0 Å². The standard InChI is InChI=1S/C26H29N3O4S/c1-6-28-22-11-16(2)19(12-21(22)17(3)14-26(28,4)5)13-23-24(30)27(25(31)34-23)15-18-7-9-20(10-8-18)29(32)33/h7-13,17H,6,14-15H2,1-5H3/b23-13-/t17-/m0/s1. The number of hydrogen-bond acceptors (Lipinski definition) is 6. The minimum Gasteiger partial charge on any atom is -0.366 e. The van der Waals surface area contributed by atoms with Crippen LogP contribution in [0.25, 0.3) is 6.08 Å². The Hall–Kier alpha value is -3.13. The van der Waals surface area contributed by atoms with E-state index in [0.717, 1.165) is 35.9 Å². The van der Waals surface area contributed by atoms with Crippen molar-refractivity contribution in [3.63, 3.8) is 0 Å². The number of carbonyl (C=O) groups is 2. The van der Waals surface area contributed by atoms with E-state index < -0.39 is 4.92 Å². The third-order valence-corrected chi connectivity index (χ3v) is 7.65. The van der Waals surface area contributed by atoms with E-state index >= 15 is 0 Å². The molecule has 0 N–H and O–H groups in total. The largest absolute Gasteiger partial charge is 0.366 e. The molecule has 2 amide bonds. The number of carbonyl (C=O) groups excluding carboxylic acids is 2. The van der Waals surface area contributed by atoms with E-state index in [4.69, 9.17) is 0 Å². The van der Waals surface area contributed by atoms with Crippen molar-refractivity contribution in [3.8, 4) is 0 Å². The number of amides is 2. The van der Waals surface area contributed by atoms with Gasteiger partial charge in [-0.15, -0.1) is 0 Å². The summed E-state index contributed by atoms with van der Waals surface area (Å²) in [4.78, 5) is 40.1. The minimum atomic E-state index is -0.477. The fourth-order valence-corrected chi connectivity index (χ4v) is 5.92. The van der Waals surface area contributed by atoms with E-state index in [9.17, 15) is 19.7 Å². The second-order valence-corrected chi connectivity index (χ2v) is 10.6. The van der Waals surface area contributed by atoms with Crippen LogP contribution in [0.4, 0.5) is 16.2 Å². The number of nitrogens with zero attached hydrogens (tertiary/aromatic N) is 3. The van der Waals surface area contributed by atoms with Gasteiger partial charge in [-0.3, -0.25) is 24.6 Å². The van der Waals surface area contributed by atoms with Crippen molar-refractivity contribution in [2.75, 3.05) is 11.4 Å². The van der Waals surface area contributed by atoms with Gasteiger partial charge in [0.1, 0.15) is 0 Å². The molecule has 1 atom stereocenters. The maximum absolute atomic E-state index is 13.0. The summed E-state index contributed by atoms with van der Waals surface area (Å²) in [5.74, 6) is 0.0487. The van der Waals surface area contributed by atoms with Crippen LogP contribution in [0, 0.1) is 17.0 Å². The van der Waals surface area contributed by atoms with Gasteiger partial charge in [-0.05, 0) is 92.3 Å². The molecule has 8 heteroatoms. The van der Waals surface area contributed by atoms with Gasteiger partial charge < -0.3 is 4.90 Å². The van der Waals surface area contributed by atoms with E-state index in [1.807, 2.05) is 13.0 Å². The predicted octanol–water partition coefficient (Wildman–Crippen LogP) is 6.25. The number of nitro groups is 1. The van der Waals surface area contributed by atoms with Crippen LogP contribution in [0.2, 0.25) is 0 Å². The normalized spacial score (nSPS) is 20.7. The number of hydrogen-bond donors (Lipinski definition) is 0. The molecule has 2 aromatic carbocycles. The molecule has 0 aromatic heterocycles. The molecule has 1 fully saturated rings. The van der Waals surface area contributed by atoms with Gasteiger partial charge in [0.25, 0.3) is 16.8 Å². The topological polar surface area (TPSA) is 83.8 Å². The maximum atomic E-state index is 13.0. The molecule has 2 aromatic rings. The number of benzene rings is 2. The number of imide groups is 1. The zero-order valence-corrected chi connectivity index (χ0v) is 20.9. The second-order valence-electron chi connectivity index (χ2n) is 9.62. The third-order valence-electron chi connectivity index (χ3n) is 6.74. The summed E-state index contributed by atoms with van der Waals surface area (Å²) in [6.45, 7) is 12.0. The molecule has 0 radical (unpaired) electrons. The van der Waals surface area contributed by atoms with E-state index in [1.165, 1.54) is 28.3 Å². The number of anilines is 1. The highest BCUT2D eigenvalue weighted by atomic mass is 32.2. The first kappa shape index (κ1) is 24.0. The van der Waals surface area contributed by atoms with E-state index in [2.05, 4.69) is 44.7 Å². The summed E-state index contributed by atoms with van der Waals surface area (Å²) in [7, 11) is 0. The fourth-order valence-electron chi connectivity index (χ4n) is 5.09. The first-order chi connectivity index (χ1) is 16.0. The van der Waals surface area contributed by atoms with Crippen LogP contribution >= 0.6 is 11.8 Å². The average Bonchev–Trinajstić information content (AvgIpc) is 3.02. The molecule has 4 rings (SSSR count). The molecule has 0 unspecified atom stereocenters. The Morgan fingerprint density at radius 3 is 2.50 bits per heavy atom. The Morgan fingerprint density at radius 2 is 1.88 bits per heavy atom. The first-order valence-electron chi connectivity index (χ1n) is 11.4. The number of aryl methyl sites for hydroxylation is 1. The molecular formula is C26H29N3O4S. The molecular weight excluding hydrogens is 450 g/mol. The molecule has 34 heavy (non-hydrogen) atoms. The molecule has 2 aliphatic heterocycles. The van der Waals surface area contributed by atoms with Crippen molar-refractivity contribution in [2.24, 2.45) is 0 Å². The molecule has 0 saturated carbocycles. The highest BCUT2D eigenvalue weighted by molar-refractivity contribution is 8.18. The third kappa shape index (κ3) is 4.34. The van der Waals surface area contributed by atoms with Crippen molar-refractivity contribution < 1.29 is 14.5 Å². The van der Waals surface area contributed by atoms with Crippen molar-refractivity contribution in [3.05, 3.63) is 73.7 Å². The van der Waals surface area contributed by atoms with Crippen molar-refractivity contribution >= 4 is 40.4 Å². The zero-order chi connectivity index (χ0) is 24.8. The lowest BCUT2D eigenvalue weighted by molar-refractivity contribution is -0.384. The number of nitro benzene ring substituents is 1. The van der Waals surface area contributed by atoms with Crippen LogP contribution in [-0.2, 0) is 11.3 Å². The minimum absolute atomic E-state index is 0.0278. The van der Waals surface area contributed by atoms with Crippen molar-refractivity contribution in [1.82, 2.24) is 4.90 Å². The Balaban J connectivity index is 1.61.